The SMILES string of the molecule is Cl.N[C@H](CCCO)c1cccc(F)c1Br. The average molecular weight is 299 g/mol. The quantitative estimate of drug-likeness (QED) is 0.898. The fraction of sp³-hybridized carbons (Fsp3) is 0.400. The molecule has 0 heterocycles. The van der Waals surface area contributed by atoms with Gasteiger partial charge in [0.25, 0.3) is 0 Å². The van der Waals surface area contributed by atoms with Crippen LogP contribution in [0.2, 0.25) is 0 Å². The molecule has 0 unspecified atom stereocenters. The van der Waals surface area contributed by atoms with Crippen LogP contribution in [-0.2, 0) is 0 Å². The minimum Gasteiger partial charge on any atom is -0.396 e. The van der Waals surface area contributed by atoms with Gasteiger partial charge in [-0.25, -0.2) is 4.39 Å². The number of aliphatic hydroxyl groups is 1. The van der Waals surface area contributed by atoms with E-state index in [1.54, 1.807) is 12.1 Å². The van der Waals surface area contributed by atoms with Gasteiger partial charge in [-0.3, -0.25) is 0 Å². The van der Waals surface area contributed by atoms with E-state index >= 15 is 0 Å². The standard InChI is InChI=1S/C10H13BrFNO.ClH/c11-10-7(3-1-4-8(10)12)9(13)5-2-6-14;/h1,3-4,9,14H,2,5-6,13H2;1H/t9-;/m1./s1. The third-order valence-corrected chi connectivity index (χ3v) is 2.89. The van der Waals surface area contributed by atoms with Crippen LogP contribution in [0, 0.1) is 5.82 Å². The second-order valence-electron chi connectivity index (χ2n) is 3.12. The van der Waals surface area contributed by atoms with Gasteiger partial charge in [-0.15, -0.1) is 12.4 Å². The van der Waals surface area contributed by atoms with Gasteiger partial charge in [0.2, 0.25) is 0 Å². The highest BCUT2D eigenvalue weighted by Gasteiger charge is 2.11. The highest BCUT2D eigenvalue weighted by atomic mass is 79.9. The van der Waals surface area contributed by atoms with Crippen LogP contribution < -0.4 is 5.73 Å². The number of nitrogens with two attached hydrogens (primary N) is 1. The molecule has 1 rings (SSSR count). The lowest BCUT2D eigenvalue weighted by atomic mass is 10.0. The lowest BCUT2D eigenvalue weighted by Gasteiger charge is -2.13. The van der Waals surface area contributed by atoms with E-state index < -0.39 is 0 Å². The molecule has 86 valence electrons. The smallest absolute Gasteiger partial charge is 0.137 e. The zero-order valence-electron chi connectivity index (χ0n) is 8.12. The Morgan fingerprint density at radius 2 is 2.13 bits per heavy atom. The molecule has 0 aliphatic carbocycles. The minimum atomic E-state index is -0.304. The molecule has 0 fully saturated rings. The summed E-state index contributed by atoms with van der Waals surface area (Å²) in [6.45, 7) is 0.112. The first-order valence-corrected chi connectivity index (χ1v) is 5.26. The molecule has 5 heteroatoms. The van der Waals surface area contributed by atoms with Gasteiger partial charge in [0, 0.05) is 12.6 Å². The summed E-state index contributed by atoms with van der Waals surface area (Å²) in [6.07, 6.45) is 1.28. The summed E-state index contributed by atoms with van der Waals surface area (Å²) in [6, 6.07) is 4.57. The maximum atomic E-state index is 13.1. The van der Waals surface area contributed by atoms with Gasteiger partial charge in [0.15, 0.2) is 0 Å². The number of halogens is 3. The normalized spacial score (nSPS) is 12.0. The number of aliphatic hydroxyl groups excluding tert-OH is 1. The number of benzene rings is 1. The predicted molar refractivity (Wildman–Crippen MR) is 64.6 cm³/mol. The number of rotatable bonds is 4. The monoisotopic (exact) mass is 297 g/mol. The molecule has 0 aromatic heterocycles. The fourth-order valence-electron chi connectivity index (χ4n) is 1.27. The lowest BCUT2D eigenvalue weighted by molar-refractivity contribution is 0.280. The van der Waals surface area contributed by atoms with Crippen LogP contribution in [0.4, 0.5) is 4.39 Å². The van der Waals surface area contributed by atoms with Crippen molar-refractivity contribution in [2.75, 3.05) is 6.61 Å². The Balaban J connectivity index is 0.00000196. The molecule has 0 aliphatic rings. The van der Waals surface area contributed by atoms with Gasteiger partial charge in [-0.2, -0.15) is 0 Å². The van der Waals surface area contributed by atoms with Crippen LogP contribution in [0.25, 0.3) is 0 Å². The molecule has 0 saturated heterocycles. The third-order valence-electron chi connectivity index (χ3n) is 2.05. The molecule has 1 aromatic rings. The van der Waals surface area contributed by atoms with E-state index in [0.717, 1.165) is 5.56 Å². The summed E-state index contributed by atoms with van der Waals surface area (Å²) in [4.78, 5) is 0. The van der Waals surface area contributed by atoms with E-state index in [1.807, 2.05) is 0 Å². The summed E-state index contributed by atoms with van der Waals surface area (Å²) in [5, 5.41) is 8.64. The van der Waals surface area contributed by atoms with Gasteiger partial charge < -0.3 is 10.8 Å². The molecule has 1 aromatic carbocycles. The summed E-state index contributed by atoms with van der Waals surface area (Å²) in [5.74, 6) is -0.304. The van der Waals surface area contributed by atoms with Gasteiger partial charge in [0.1, 0.15) is 5.82 Å². The van der Waals surface area contributed by atoms with Crippen LogP contribution in [0.3, 0.4) is 0 Å². The van der Waals surface area contributed by atoms with Crippen LogP contribution in [0.15, 0.2) is 22.7 Å². The van der Waals surface area contributed by atoms with E-state index in [0.29, 0.717) is 17.3 Å². The van der Waals surface area contributed by atoms with Crippen molar-refractivity contribution in [2.24, 2.45) is 5.73 Å². The number of hydrogen-bond acceptors (Lipinski definition) is 2. The third kappa shape index (κ3) is 4.07. The summed E-state index contributed by atoms with van der Waals surface area (Å²) >= 11 is 3.16. The fourth-order valence-corrected chi connectivity index (χ4v) is 1.83. The van der Waals surface area contributed by atoms with E-state index in [1.165, 1.54) is 6.07 Å². The molecule has 0 bridgehead atoms. The van der Waals surface area contributed by atoms with Gasteiger partial charge in [-0.05, 0) is 40.4 Å². The highest BCUT2D eigenvalue weighted by Crippen LogP contribution is 2.26. The first-order chi connectivity index (χ1) is 6.66. The van der Waals surface area contributed by atoms with E-state index in [2.05, 4.69) is 15.9 Å². The minimum absolute atomic E-state index is 0. The Kier molecular flexibility index (Phi) is 7.09. The molecule has 1 atom stereocenters. The van der Waals surface area contributed by atoms with Crippen LogP contribution >= 0.6 is 28.3 Å². The zero-order valence-corrected chi connectivity index (χ0v) is 10.5. The summed E-state index contributed by atoms with van der Waals surface area (Å²) in [5.41, 5.74) is 6.59. The Bertz CT molecular complexity index is 311. The van der Waals surface area contributed by atoms with Gasteiger partial charge >= 0.3 is 0 Å². The highest BCUT2D eigenvalue weighted by molar-refractivity contribution is 9.10. The van der Waals surface area contributed by atoms with Gasteiger partial charge in [-0.1, -0.05) is 12.1 Å². The molecular formula is C10H14BrClFNO. The van der Waals surface area contributed by atoms with Crippen LogP contribution in [0.1, 0.15) is 24.4 Å². The van der Waals surface area contributed by atoms with E-state index in [4.69, 9.17) is 10.8 Å². The topological polar surface area (TPSA) is 46.2 Å². The Labute approximate surface area is 103 Å². The summed E-state index contributed by atoms with van der Waals surface area (Å²) in [7, 11) is 0. The van der Waals surface area contributed by atoms with Crippen molar-refractivity contribution in [3.63, 3.8) is 0 Å². The first kappa shape index (κ1) is 14.8. The zero-order chi connectivity index (χ0) is 10.6. The van der Waals surface area contributed by atoms with Crippen molar-refractivity contribution >= 4 is 28.3 Å². The van der Waals surface area contributed by atoms with Crippen molar-refractivity contribution in [3.8, 4) is 0 Å². The summed E-state index contributed by atoms with van der Waals surface area (Å²) < 4.78 is 13.5. The second-order valence-corrected chi connectivity index (χ2v) is 3.91. The second kappa shape index (κ2) is 7.17. The van der Waals surface area contributed by atoms with E-state index in [9.17, 15) is 4.39 Å². The first-order valence-electron chi connectivity index (χ1n) is 4.47. The molecule has 3 N–H and O–H groups in total. The van der Waals surface area contributed by atoms with Crippen molar-refractivity contribution in [2.45, 2.75) is 18.9 Å². The molecule has 0 spiro atoms. The largest absolute Gasteiger partial charge is 0.396 e. The average Bonchev–Trinajstić information content (AvgIpc) is 2.18. The molecule has 2 nitrogen and oxygen atoms in total. The predicted octanol–water partition coefficient (Wildman–Crippen LogP) is 2.78. The van der Waals surface area contributed by atoms with Crippen molar-refractivity contribution in [1.29, 1.82) is 0 Å². The molecule has 0 saturated carbocycles. The lowest BCUT2D eigenvalue weighted by Crippen LogP contribution is -2.12. The van der Waals surface area contributed by atoms with E-state index in [-0.39, 0.29) is 30.9 Å². The Hall–Kier alpha value is -0.160. The maximum Gasteiger partial charge on any atom is 0.137 e. The number of hydrogen-bond donors (Lipinski definition) is 2. The van der Waals surface area contributed by atoms with Crippen molar-refractivity contribution in [3.05, 3.63) is 34.1 Å². The Morgan fingerprint density at radius 1 is 1.47 bits per heavy atom. The Morgan fingerprint density at radius 3 is 2.73 bits per heavy atom. The van der Waals surface area contributed by atoms with Crippen LogP contribution in [0.5, 0.6) is 0 Å². The molecule has 0 aliphatic heterocycles. The van der Waals surface area contributed by atoms with Crippen LogP contribution in [-0.4, -0.2) is 11.7 Å². The molecule has 0 radical (unpaired) electrons. The van der Waals surface area contributed by atoms with Crippen molar-refractivity contribution in [1.82, 2.24) is 0 Å². The molecule has 15 heavy (non-hydrogen) atoms. The molecule has 0 amide bonds. The van der Waals surface area contributed by atoms with Gasteiger partial charge in [0.05, 0.1) is 4.47 Å². The van der Waals surface area contributed by atoms with Crippen molar-refractivity contribution < 1.29 is 9.50 Å². The molecular weight excluding hydrogens is 284 g/mol. The maximum absolute atomic E-state index is 13.1.